The van der Waals surface area contributed by atoms with E-state index in [1.807, 2.05) is 36.0 Å². The predicted octanol–water partition coefficient (Wildman–Crippen LogP) is 3.84. The summed E-state index contributed by atoms with van der Waals surface area (Å²) in [5.74, 6) is 3.50. The summed E-state index contributed by atoms with van der Waals surface area (Å²) in [6, 6.07) is 9.67. The number of thiophene rings is 1. The van der Waals surface area contributed by atoms with Crippen LogP contribution in [0, 0.1) is 0 Å². The van der Waals surface area contributed by atoms with Crippen LogP contribution in [-0.2, 0) is 12.2 Å². The van der Waals surface area contributed by atoms with Crippen molar-refractivity contribution in [3.05, 3.63) is 40.8 Å². The van der Waals surface area contributed by atoms with Gasteiger partial charge >= 0.3 is 0 Å². The molecule has 0 aliphatic carbocycles. The minimum Gasteiger partial charge on any atom is -0.399 e. The average Bonchev–Trinajstić information content (AvgIpc) is 3.14. The van der Waals surface area contributed by atoms with Gasteiger partial charge in [0, 0.05) is 21.9 Å². The molecule has 2 N–H and O–H groups in total. The van der Waals surface area contributed by atoms with Gasteiger partial charge in [0.15, 0.2) is 0 Å². The molecule has 3 aromatic rings. The van der Waals surface area contributed by atoms with Crippen molar-refractivity contribution in [2.75, 3.05) is 11.5 Å². The van der Waals surface area contributed by atoms with E-state index in [-0.39, 0.29) is 0 Å². The van der Waals surface area contributed by atoms with Gasteiger partial charge < -0.3 is 10.3 Å². The molecule has 0 fully saturated rings. The second-order valence-corrected chi connectivity index (χ2v) is 7.15. The summed E-state index contributed by atoms with van der Waals surface area (Å²) >= 11 is 3.75. The fraction of sp³-hybridized carbons (Fsp3) is 0.200. The van der Waals surface area contributed by atoms with Crippen molar-refractivity contribution in [2.24, 2.45) is 0 Å². The summed E-state index contributed by atoms with van der Waals surface area (Å²) in [7, 11) is 0. The third-order valence-corrected chi connectivity index (χ3v) is 5.67. The van der Waals surface area contributed by atoms with Crippen LogP contribution in [0.25, 0.3) is 22.2 Å². The number of thioether (sulfide) groups is 1. The fourth-order valence-electron chi connectivity index (χ4n) is 2.33. The van der Waals surface area contributed by atoms with Crippen LogP contribution in [0.15, 0.2) is 34.9 Å². The average molecular weight is 315 g/mol. The van der Waals surface area contributed by atoms with Gasteiger partial charge in [-0.15, -0.1) is 11.3 Å². The van der Waals surface area contributed by atoms with Gasteiger partial charge in [0.05, 0.1) is 4.88 Å². The lowest BCUT2D eigenvalue weighted by Crippen LogP contribution is -1.96. The molecule has 0 radical (unpaired) electrons. The van der Waals surface area contributed by atoms with Crippen LogP contribution >= 0.6 is 23.1 Å². The summed E-state index contributed by atoms with van der Waals surface area (Å²) in [6.07, 6.45) is 1.14. The van der Waals surface area contributed by atoms with Gasteiger partial charge in [-0.05, 0) is 48.1 Å². The predicted molar refractivity (Wildman–Crippen MR) is 87.3 cm³/mol. The zero-order chi connectivity index (χ0) is 14.2. The van der Waals surface area contributed by atoms with E-state index in [0.29, 0.717) is 11.7 Å². The number of aromatic nitrogens is 2. The highest BCUT2D eigenvalue weighted by Crippen LogP contribution is 2.36. The number of aryl methyl sites for hydroxylation is 1. The second kappa shape index (κ2) is 5.20. The Morgan fingerprint density at radius 3 is 2.86 bits per heavy atom. The minimum absolute atomic E-state index is 0.603. The molecule has 1 aromatic carbocycles. The Bertz CT molecular complexity index is 753. The molecule has 0 saturated carbocycles. The molecule has 0 bridgehead atoms. The number of rotatable bonds is 2. The number of fused-ring (bicyclic) bond motifs is 1. The summed E-state index contributed by atoms with van der Waals surface area (Å²) in [5, 5.41) is 4.07. The van der Waals surface area contributed by atoms with E-state index in [2.05, 4.69) is 16.2 Å². The van der Waals surface area contributed by atoms with Crippen LogP contribution < -0.4 is 5.73 Å². The molecule has 0 spiro atoms. The van der Waals surface area contributed by atoms with E-state index in [4.69, 9.17) is 10.3 Å². The molecule has 21 heavy (non-hydrogen) atoms. The van der Waals surface area contributed by atoms with E-state index in [1.54, 1.807) is 11.3 Å². The van der Waals surface area contributed by atoms with Crippen LogP contribution in [0.4, 0.5) is 5.69 Å². The first-order valence-electron chi connectivity index (χ1n) is 6.69. The van der Waals surface area contributed by atoms with E-state index in [1.165, 1.54) is 16.2 Å². The summed E-state index contributed by atoms with van der Waals surface area (Å²) in [5.41, 5.74) is 8.75. The number of nitrogen functional groups attached to an aromatic ring is 1. The van der Waals surface area contributed by atoms with Crippen molar-refractivity contribution >= 4 is 28.8 Å². The molecule has 0 saturated heterocycles. The van der Waals surface area contributed by atoms with Gasteiger partial charge in [0.1, 0.15) is 0 Å². The van der Waals surface area contributed by atoms with Gasteiger partial charge in [-0.25, -0.2) is 0 Å². The summed E-state index contributed by atoms with van der Waals surface area (Å²) < 4.78 is 5.42. The quantitative estimate of drug-likeness (QED) is 0.728. The first-order valence-corrected chi connectivity index (χ1v) is 8.66. The maximum Gasteiger partial charge on any atom is 0.268 e. The normalized spacial score (nSPS) is 14.1. The second-order valence-electron chi connectivity index (χ2n) is 4.91. The lowest BCUT2D eigenvalue weighted by molar-refractivity contribution is 0.433. The van der Waals surface area contributed by atoms with Crippen LogP contribution in [0.3, 0.4) is 0 Å². The smallest absolute Gasteiger partial charge is 0.268 e. The van der Waals surface area contributed by atoms with Crippen molar-refractivity contribution < 1.29 is 4.52 Å². The third-order valence-electron chi connectivity index (χ3n) is 3.43. The van der Waals surface area contributed by atoms with E-state index in [9.17, 15) is 0 Å². The molecular weight excluding hydrogens is 302 g/mol. The van der Waals surface area contributed by atoms with Crippen LogP contribution in [0.2, 0.25) is 0 Å². The molecule has 2 aromatic heterocycles. The monoisotopic (exact) mass is 315 g/mol. The van der Waals surface area contributed by atoms with Crippen molar-refractivity contribution in [1.82, 2.24) is 10.1 Å². The van der Waals surface area contributed by atoms with Gasteiger partial charge in [-0.1, -0.05) is 5.16 Å². The van der Waals surface area contributed by atoms with Gasteiger partial charge in [-0.2, -0.15) is 16.7 Å². The number of benzene rings is 1. The molecule has 0 atom stereocenters. The molecular formula is C15H13N3OS2. The van der Waals surface area contributed by atoms with Crippen LogP contribution in [0.5, 0.6) is 0 Å². The van der Waals surface area contributed by atoms with E-state index in [0.717, 1.165) is 28.3 Å². The third kappa shape index (κ3) is 2.45. The molecule has 1 aliphatic rings. The molecule has 106 valence electrons. The number of nitrogens with two attached hydrogens (primary N) is 1. The van der Waals surface area contributed by atoms with Crippen molar-refractivity contribution in [1.29, 1.82) is 0 Å². The number of anilines is 1. The lowest BCUT2D eigenvalue weighted by Gasteiger charge is -2.08. The van der Waals surface area contributed by atoms with Crippen molar-refractivity contribution in [3.8, 4) is 22.2 Å². The Balaban J connectivity index is 1.67. The first kappa shape index (κ1) is 12.9. The van der Waals surface area contributed by atoms with Crippen molar-refractivity contribution in [2.45, 2.75) is 12.2 Å². The number of hydrogen-bond acceptors (Lipinski definition) is 6. The topological polar surface area (TPSA) is 64.9 Å². The maximum absolute atomic E-state index is 5.69. The first-order chi connectivity index (χ1) is 10.3. The highest BCUT2D eigenvalue weighted by atomic mass is 32.2. The molecule has 4 nitrogen and oxygen atoms in total. The van der Waals surface area contributed by atoms with Crippen LogP contribution in [-0.4, -0.2) is 15.9 Å². The maximum atomic E-state index is 5.69. The minimum atomic E-state index is 0.603. The van der Waals surface area contributed by atoms with Crippen LogP contribution in [0.1, 0.15) is 10.4 Å². The SMILES string of the molecule is Nc1ccc(-c2noc(-c3cc4c(s3)CCSC4)n2)cc1. The van der Waals surface area contributed by atoms with Gasteiger partial charge in [0.2, 0.25) is 5.82 Å². The Labute approximate surface area is 130 Å². The molecule has 0 unspecified atom stereocenters. The largest absolute Gasteiger partial charge is 0.399 e. The number of hydrogen-bond donors (Lipinski definition) is 1. The summed E-state index contributed by atoms with van der Waals surface area (Å²) in [4.78, 5) is 7.03. The Kier molecular flexibility index (Phi) is 3.20. The van der Waals surface area contributed by atoms with E-state index < -0.39 is 0 Å². The Morgan fingerprint density at radius 1 is 1.19 bits per heavy atom. The standard InChI is InChI=1S/C15H13N3OS2/c16-11-3-1-9(2-4-11)14-17-15(19-18-14)13-7-10-8-20-6-5-12(10)21-13/h1-4,7H,5-6,8,16H2. The number of nitrogens with zero attached hydrogens (tertiary/aromatic N) is 2. The van der Waals surface area contributed by atoms with Crippen molar-refractivity contribution in [3.63, 3.8) is 0 Å². The molecule has 4 rings (SSSR count). The molecule has 0 amide bonds. The summed E-state index contributed by atoms with van der Waals surface area (Å²) in [6.45, 7) is 0. The zero-order valence-electron chi connectivity index (χ0n) is 11.2. The molecule has 6 heteroatoms. The Hall–Kier alpha value is -1.79. The van der Waals surface area contributed by atoms with Gasteiger partial charge in [-0.3, -0.25) is 0 Å². The highest BCUT2D eigenvalue weighted by molar-refractivity contribution is 7.98. The zero-order valence-corrected chi connectivity index (χ0v) is 12.8. The molecule has 3 heterocycles. The van der Waals surface area contributed by atoms with E-state index >= 15 is 0 Å². The fourth-order valence-corrected chi connectivity index (χ4v) is 4.62. The molecule has 1 aliphatic heterocycles. The Morgan fingerprint density at radius 2 is 2.05 bits per heavy atom. The lowest BCUT2D eigenvalue weighted by atomic mass is 10.2. The highest BCUT2D eigenvalue weighted by Gasteiger charge is 2.18. The van der Waals surface area contributed by atoms with Gasteiger partial charge in [0.25, 0.3) is 5.89 Å².